The molecule has 6 heteroatoms. The van der Waals surface area contributed by atoms with Crippen molar-refractivity contribution in [1.29, 1.82) is 0 Å². The highest BCUT2D eigenvalue weighted by Gasteiger charge is 2.24. The average molecular weight is 299 g/mol. The molecule has 0 aliphatic rings. The van der Waals surface area contributed by atoms with Crippen molar-refractivity contribution in [3.8, 4) is 11.4 Å². The highest BCUT2D eigenvalue weighted by atomic mass is 16.5. The summed E-state index contributed by atoms with van der Waals surface area (Å²) in [6.07, 6.45) is 1.70. The second-order valence-corrected chi connectivity index (χ2v) is 6.80. The lowest BCUT2D eigenvalue weighted by Crippen LogP contribution is -2.09. The molecule has 0 aliphatic heterocycles. The van der Waals surface area contributed by atoms with Gasteiger partial charge in [0.25, 0.3) is 0 Å². The second kappa shape index (κ2) is 4.83. The standard InChI is InChI=1S/C16H21N5O/c1-9(2)21-11-6-7-18-15(17)13(11)14(19-21)10-8-12(22-20-10)16(3,4)5/h6-9H,1-5H3,(H2,17,18). The fraction of sp³-hybridized carbons (Fsp3) is 0.438. The summed E-state index contributed by atoms with van der Waals surface area (Å²) >= 11 is 0. The van der Waals surface area contributed by atoms with Gasteiger partial charge in [-0.15, -0.1) is 0 Å². The number of nitrogen functional groups attached to an aromatic ring is 1. The molecule has 3 aromatic rings. The third kappa shape index (κ3) is 2.24. The van der Waals surface area contributed by atoms with Crippen LogP contribution in [0.3, 0.4) is 0 Å². The molecule has 0 aliphatic carbocycles. The molecule has 3 aromatic heterocycles. The van der Waals surface area contributed by atoms with Crippen LogP contribution in [0.15, 0.2) is 22.9 Å². The van der Waals surface area contributed by atoms with Crippen molar-refractivity contribution in [3.05, 3.63) is 24.1 Å². The maximum Gasteiger partial charge on any atom is 0.142 e. The van der Waals surface area contributed by atoms with E-state index in [1.54, 1.807) is 6.20 Å². The van der Waals surface area contributed by atoms with E-state index in [0.29, 0.717) is 17.2 Å². The Balaban J connectivity index is 2.25. The highest BCUT2D eigenvalue weighted by Crippen LogP contribution is 2.34. The van der Waals surface area contributed by atoms with E-state index >= 15 is 0 Å². The number of rotatable bonds is 2. The predicted octanol–water partition coefficient (Wildman–Crippen LogP) is 3.55. The van der Waals surface area contributed by atoms with Gasteiger partial charge in [-0.1, -0.05) is 25.9 Å². The van der Waals surface area contributed by atoms with Crippen LogP contribution in [0.25, 0.3) is 22.3 Å². The molecular formula is C16H21N5O. The fourth-order valence-corrected chi connectivity index (χ4v) is 2.43. The Morgan fingerprint density at radius 2 is 2.00 bits per heavy atom. The van der Waals surface area contributed by atoms with Crippen LogP contribution in [0, 0.1) is 0 Å². The number of hydrogen-bond donors (Lipinski definition) is 1. The SMILES string of the molecule is CC(C)n1nc(-c2cc(C(C)(C)C)on2)c2c(N)nccc21. The van der Waals surface area contributed by atoms with Crippen LogP contribution in [0.1, 0.15) is 46.4 Å². The minimum Gasteiger partial charge on any atom is -0.383 e. The molecule has 0 atom stereocenters. The van der Waals surface area contributed by atoms with Crippen LogP contribution in [-0.4, -0.2) is 19.9 Å². The lowest BCUT2D eigenvalue weighted by Gasteiger charge is -2.12. The number of nitrogens with two attached hydrogens (primary N) is 1. The topological polar surface area (TPSA) is 82.8 Å². The van der Waals surface area contributed by atoms with Crippen molar-refractivity contribution < 1.29 is 4.52 Å². The molecule has 116 valence electrons. The number of hydrogen-bond acceptors (Lipinski definition) is 5. The first-order chi connectivity index (χ1) is 10.3. The van der Waals surface area contributed by atoms with Crippen LogP contribution in [-0.2, 0) is 5.41 Å². The van der Waals surface area contributed by atoms with E-state index in [1.165, 1.54) is 0 Å². The minimum absolute atomic E-state index is 0.106. The largest absolute Gasteiger partial charge is 0.383 e. The highest BCUT2D eigenvalue weighted by molar-refractivity contribution is 5.99. The first kappa shape index (κ1) is 14.6. The maximum absolute atomic E-state index is 6.08. The Morgan fingerprint density at radius 1 is 1.27 bits per heavy atom. The Bertz CT molecular complexity index is 823. The van der Waals surface area contributed by atoms with Gasteiger partial charge >= 0.3 is 0 Å². The second-order valence-electron chi connectivity index (χ2n) is 6.80. The van der Waals surface area contributed by atoms with Crippen molar-refractivity contribution >= 4 is 16.7 Å². The fourth-order valence-electron chi connectivity index (χ4n) is 2.43. The molecule has 0 spiro atoms. The summed E-state index contributed by atoms with van der Waals surface area (Å²) in [4.78, 5) is 4.19. The van der Waals surface area contributed by atoms with Crippen molar-refractivity contribution in [1.82, 2.24) is 19.9 Å². The maximum atomic E-state index is 6.08. The smallest absolute Gasteiger partial charge is 0.142 e. The van der Waals surface area contributed by atoms with Gasteiger partial charge in [-0.05, 0) is 19.9 Å². The summed E-state index contributed by atoms with van der Waals surface area (Å²) in [5.41, 5.74) is 8.33. The molecule has 6 nitrogen and oxygen atoms in total. The zero-order valence-electron chi connectivity index (χ0n) is 13.6. The Morgan fingerprint density at radius 3 is 2.59 bits per heavy atom. The van der Waals surface area contributed by atoms with Crippen molar-refractivity contribution in [3.63, 3.8) is 0 Å². The van der Waals surface area contributed by atoms with E-state index in [1.807, 2.05) is 16.8 Å². The first-order valence-corrected chi connectivity index (χ1v) is 7.39. The van der Waals surface area contributed by atoms with Gasteiger partial charge in [-0.25, -0.2) is 4.98 Å². The molecular weight excluding hydrogens is 278 g/mol. The van der Waals surface area contributed by atoms with E-state index in [-0.39, 0.29) is 11.5 Å². The molecule has 0 amide bonds. The molecule has 22 heavy (non-hydrogen) atoms. The molecule has 0 aromatic carbocycles. The lowest BCUT2D eigenvalue weighted by molar-refractivity contribution is 0.330. The van der Waals surface area contributed by atoms with Crippen LogP contribution in [0.5, 0.6) is 0 Å². The van der Waals surface area contributed by atoms with Gasteiger partial charge in [0.05, 0.1) is 10.9 Å². The van der Waals surface area contributed by atoms with Gasteiger partial charge in [-0.2, -0.15) is 5.10 Å². The van der Waals surface area contributed by atoms with Crippen LogP contribution in [0.2, 0.25) is 0 Å². The predicted molar refractivity (Wildman–Crippen MR) is 86.5 cm³/mol. The third-order valence-electron chi connectivity index (χ3n) is 3.63. The molecule has 0 saturated heterocycles. The van der Waals surface area contributed by atoms with E-state index in [2.05, 4.69) is 49.9 Å². The summed E-state index contributed by atoms with van der Waals surface area (Å²) in [5.74, 6) is 1.27. The van der Waals surface area contributed by atoms with Crippen LogP contribution < -0.4 is 5.73 Å². The Kier molecular flexibility index (Phi) is 3.20. The molecule has 0 unspecified atom stereocenters. The number of pyridine rings is 1. The molecule has 0 saturated carbocycles. The van der Waals surface area contributed by atoms with Crippen molar-refractivity contribution in [2.24, 2.45) is 0 Å². The zero-order chi connectivity index (χ0) is 16.1. The first-order valence-electron chi connectivity index (χ1n) is 7.39. The minimum atomic E-state index is -0.106. The molecule has 0 bridgehead atoms. The molecule has 2 N–H and O–H groups in total. The number of anilines is 1. The summed E-state index contributed by atoms with van der Waals surface area (Å²) < 4.78 is 7.42. The Labute approximate surface area is 129 Å². The van der Waals surface area contributed by atoms with Crippen molar-refractivity contribution in [2.45, 2.75) is 46.1 Å². The summed E-state index contributed by atoms with van der Waals surface area (Å²) in [6, 6.07) is 4.07. The Hall–Kier alpha value is -2.37. The molecule has 0 fully saturated rings. The normalized spacial score (nSPS) is 12.5. The van der Waals surface area contributed by atoms with Gasteiger partial charge in [0.15, 0.2) is 0 Å². The third-order valence-corrected chi connectivity index (χ3v) is 3.63. The van der Waals surface area contributed by atoms with Gasteiger partial charge < -0.3 is 10.3 Å². The summed E-state index contributed by atoms with van der Waals surface area (Å²) in [5, 5.41) is 9.70. The quantitative estimate of drug-likeness (QED) is 0.782. The lowest BCUT2D eigenvalue weighted by atomic mass is 9.93. The van der Waals surface area contributed by atoms with Gasteiger partial charge in [-0.3, -0.25) is 4.68 Å². The summed E-state index contributed by atoms with van der Waals surface area (Å²) in [6.45, 7) is 10.4. The molecule has 0 radical (unpaired) electrons. The van der Waals surface area contributed by atoms with Crippen LogP contribution >= 0.6 is 0 Å². The van der Waals surface area contributed by atoms with Gasteiger partial charge in [0.1, 0.15) is 23.0 Å². The van der Waals surface area contributed by atoms with Crippen molar-refractivity contribution in [2.75, 3.05) is 5.73 Å². The van der Waals surface area contributed by atoms with E-state index < -0.39 is 0 Å². The van der Waals surface area contributed by atoms with Crippen LogP contribution in [0.4, 0.5) is 5.82 Å². The average Bonchev–Trinajstić information content (AvgIpc) is 3.02. The monoisotopic (exact) mass is 299 g/mol. The number of aromatic nitrogens is 4. The van der Waals surface area contributed by atoms with E-state index in [4.69, 9.17) is 10.3 Å². The molecule has 3 rings (SSSR count). The van der Waals surface area contributed by atoms with Gasteiger partial charge in [0.2, 0.25) is 0 Å². The van der Waals surface area contributed by atoms with E-state index in [9.17, 15) is 0 Å². The molecule has 3 heterocycles. The van der Waals surface area contributed by atoms with E-state index in [0.717, 1.165) is 16.7 Å². The zero-order valence-corrected chi connectivity index (χ0v) is 13.6. The number of nitrogens with zero attached hydrogens (tertiary/aromatic N) is 4. The summed E-state index contributed by atoms with van der Waals surface area (Å²) in [7, 11) is 0. The number of fused-ring (bicyclic) bond motifs is 1. The van der Waals surface area contributed by atoms with Gasteiger partial charge in [0, 0.05) is 23.7 Å².